The Morgan fingerprint density at radius 2 is 1.48 bits per heavy atom. The molecule has 0 aromatic rings. The molecule has 4 heterocycles. The number of rotatable bonds is 4. The first-order valence-corrected chi connectivity index (χ1v) is 15.4. The van der Waals surface area contributed by atoms with Gasteiger partial charge in [0.2, 0.25) is 0 Å². The molecule has 11 nitrogen and oxygen atoms in total. The summed E-state index contributed by atoms with van der Waals surface area (Å²) in [4.78, 5) is 33.1. The van der Waals surface area contributed by atoms with E-state index in [1.807, 2.05) is 27.6 Å². The van der Waals surface area contributed by atoms with Gasteiger partial charge in [-0.15, -0.1) is 0 Å². The van der Waals surface area contributed by atoms with Gasteiger partial charge in [0.15, 0.2) is 12.1 Å². The molecule has 0 aromatic carbocycles. The Kier molecular flexibility index (Phi) is 17.5. The van der Waals surface area contributed by atoms with Gasteiger partial charge >= 0.3 is 5.97 Å². The lowest BCUT2D eigenvalue weighted by atomic mass is 9.80. The lowest BCUT2D eigenvalue weighted by Gasteiger charge is -2.44. The molecule has 11 heteroatoms. The molecule has 4 saturated heterocycles. The first-order valence-electron chi connectivity index (χ1n) is 15.4. The molecule has 0 aliphatic carbocycles. The number of fused-ring (bicyclic) bond motifs is 1. The maximum Gasteiger partial charge on any atom is 0.303 e. The van der Waals surface area contributed by atoms with Gasteiger partial charge in [-0.2, -0.15) is 0 Å². The molecule has 42 heavy (non-hydrogen) atoms. The standard InChI is InChI=1S/C12H20O4.C11H21N.C7H14O5.CH2O/c1-6-7(2)12(16-10(5)14)9(4)15-11(6)8(3)13;1-2-10-6-5-9-12-8-4-3-7-11(10)12;1-3-4(8)5(9)6(10)7(11-2)12-3;1-2/h6-7,9,11-12H,1-5H3;10-11H,2-9H2,1H3;3-10H,1-2H3;1H2/t;10-,11-;;/m.1../s1. The fraction of sp³-hybridized carbons (Fsp3) is 0.903. The van der Waals surface area contributed by atoms with E-state index in [0.717, 1.165) is 12.0 Å². The summed E-state index contributed by atoms with van der Waals surface area (Å²) in [5.41, 5.74) is 0. The van der Waals surface area contributed by atoms with E-state index in [2.05, 4.69) is 11.8 Å². The molecule has 0 amide bonds. The van der Waals surface area contributed by atoms with Gasteiger partial charge in [-0.3, -0.25) is 9.59 Å². The summed E-state index contributed by atoms with van der Waals surface area (Å²) in [5, 5.41) is 27.8. The second kappa shape index (κ2) is 19.0. The molecule has 10 unspecified atom stereocenters. The minimum absolute atomic E-state index is 0.0347. The third-order valence-electron chi connectivity index (χ3n) is 9.15. The number of aliphatic hydroxyl groups excluding tert-OH is 3. The molecule has 4 aliphatic rings. The quantitative estimate of drug-likeness (QED) is 0.407. The van der Waals surface area contributed by atoms with Gasteiger partial charge in [-0.25, -0.2) is 0 Å². The maximum absolute atomic E-state index is 11.4. The lowest BCUT2D eigenvalue weighted by molar-refractivity contribution is -0.286. The van der Waals surface area contributed by atoms with E-state index in [1.54, 1.807) is 6.92 Å². The first kappa shape index (κ1) is 38.6. The van der Waals surface area contributed by atoms with Gasteiger partial charge in [0, 0.05) is 26.0 Å². The zero-order valence-electron chi connectivity index (χ0n) is 26.9. The van der Waals surface area contributed by atoms with Gasteiger partial charge in [0.25, 0.3) is 0 Å². The van der Waals surface area contributed by atoms with Gasteiger partial charge in [-0.05, 0) is 71.4 Å². The molecule has 12 atom stereocenters. The van der Waals surface area contributed by atoms with Crippen LogP contribution < -0.4 is 0 Å². The van der Waals surface area contributed by atoms with Crippen LogP contribution in [0.2, 0.25) is 0 Å². The van der Waals surface area contributed by atoms with Crippen molar-refractivity contribution in [2.45, 2.75) is 142 Å². The highest BCUT2D eigenvalue weighted by Crippen LogP contribution is 2.33. The smallest absolute Gasteiger partial charge is 0.303 e. The Labute approximate surface area is 252 Å². The van der Waals surface area contributed by atoms with Crippen LogP contribution >= 0.6 is 0 Å². The summed E-state index contributed by atoms with van der Waals surface area (Å²) in [5.74, 6) is 0.951. The number of Topliss-reactive ketones (excluding diaryl/α,β-unsaturated/α-hetero) is 1. The van der Waals surface area contributed by atoms with Crippen molar-refractivity contribution in [2.75, 3.05) is 20.2 Å². The lowest BCUT2D eigenvalue weighted by Crippen LogP contribution is -2.57. The van der Waals surface area contributed by atoms with E-state index >= 15 is 0 Å². The van der Waals surface area contributed by atoms with Gasteiger partial charge < -0.3 is 44.0 Å². The van der Waals surface area contributed by atoms with Crippen LogP contribution in [-0.2, 0) is 33.3 Å². The fourth-order valence-corrected chi connectivity index (χ4v) is 6.56. The molecular formula is C31H57NO10. The molecule has 4 aliphatic heterocycles. The van der Waals surface area contributed by atoms with Crippen molar-refractivity contribution >= 4 is 18.5 Å². The minimum Gasteiger partial charge on any atom is -0.460 e. The molecule has 0 aromatic heterocycles. The Hall–Kier alpha value is -1.47. The molecule has 3 N–H and O–H groups in total. The van der Waals surface area contributed by atoms with E-state index in [-0.39, 0.29) is 41.9 Å². The third-order valence-corrected chi connectivity index (χ3v) is 9.15. The molecule has 0 bridgehead atoms. The third kappa shape index (κ3) is 10.6. The van der Waals surface area contributed by atoms with E-state index in [1.165, 1.54) is 72.6 Å². The zero-order valence-corrected chi connectivity index (χ0v) is 26.9. The monoisotopic (exact) mass is 603 g/mol. The minimum atomic E-state index is -1.21. The van der Waals surface area contributed by atoms with Crippen molar-refractivity contribution < 1.29 is 48.7 Å². The van der Waals surface area contributed by atoms with Crippen LogP contribution in [0.1, 0.15) is 87.0 Å². The molecule has 0 radical (unpaired) electrons. The van der Waals surface area contributed by atoms with E-state index in [9.17, 15) is 24.9 Å². The SMILES string of the molecule is C=O.CC(=O)OC1C(C)OC(C(C)=O)C(C)C1C.CC[C@@H]1CCCN2CCCC[C@H]12.COC1OC(C)C(O)C(O)C1O. The Bertz CT molecular complexity index is 784. The first-order chi connectivity index (χ1) is 19.8. The average Bonchev–Trinajstić information content (AvgIpc) is 2.99. The molecular weight excluding hydrogens is 546 g/mol. The number of aliphatic hydroxyl groups is 3. The van der Waals surface area contributed by atoms with E-state index < -0.39 is 30.7 Å². The number of ether oxygens (including phenoxy) is 4. The number of esters is 1. The highest BCUT2D eigenvalue weighted by molar-refractivity contribution is 5.81. The zero-order chi connectivity index (χ0) is 32.1. The summed E-state index contributed by atoms with van der Waals surface area (Å²) in [6.45, 7) is 17.5. The number of piperidine rings is 2. The normalized spacial score (nSPS) is 39.9. The molecule has 0 saturated carbocycles. The summed E-state index contributed by atoms with van der Waals surface area (Å²) in [6, 6.07) is 0.970. The predicted molar refractivity (Wildman–Crippen MR) is 158 cm³/mol. The van der Waals surface area contributed by atoms with Gasteiger partial charge in [-0.1, -0.05) is 33.6 Å². The molecule has 4 rings (SSSR count). The number of methoxy groups -OCH3 is 1. The number of carbonyl (C=O) groups is 3. The second-order valence-corrected chi connectivity index (χ2v) is 12.0. The van der Waals surface area contributed by atoms with E-state index in [4.69, 9.17) is 23.7 Å². The van der Waals surface area contributed by atoms with Crippen LogP contribution in [0.15, 0.2) is 0 Å². The number of carbonyl (C=O) groups excluding carboxylic acids is 3. The molecule has 246 valence electrons. The molecule has 0 spiro atoms. The van der Waals surface area contributed by atoms with Crippen LogP contribution in [-0.4, -0.2) is 114 Å². The number of hydrogen-bond acceptors (Lipinski definition) is 11. The van der Waals surface area contributed by atoms with Crippen molar-refractivity contribution in [2.24, 2.45) is 17.8 Å². The van der Waals surface area contributed by atoms with E-state index in [0.29, 0.717) is 0 Å². The highest BCUT2D eigenvalue weighted by Gasteiger charge is 2.43. The van der Waals surface area contributed by atoms with Crippen LogP contribution in [0.4, 0.5) is 0 Å². The molecule has 4 fully saturated rings. The van der Waals surface area contributed by atoms with Gasteiger partial charge in [0.1, 0.15) is 37.3 Å². The Morgan fingerprint density at radius 3 is 2.02 bits per heavy atom. The van der Waals surface area contributed by atoms with Crippen molar-refractivity contribution in [1.29, 1.82) is 0 Å². The summed E-state index contributed by atoms with van der Waals surface area (Å²) in [7, 11) is 1.37. The van der Waals surface area contributed by atoms with Crippen LogP contribution in [0.5, 0.6) is 0 Å². The maximum atomic E-state index is 11.4. The highest BCUT2D eigenvalue weighted by atomic mass is 16.7. The Balaban J connectivity index is 0.000000309. The average molecular weight is 604 g/mol. The van der Waals surface area contributed by atoms with Crippen LogP contribution in [0, 0.1) is 17.8 Å². The van der Waals surface area contributed by atoms with Crippen molar-refractivity contribution in [3.8, 4) is 0 Å². The summed E-state index contributed by atoms with van der Waals surface area (Å²) in [6.07, 6.45) is 3.04. The number of hydrogen-bond donors (Lipinski definition) is 3. The van der Waals surface area contributed by atoms with Gasteiger partial charge in [0.05, 0.1) is 12.2 Å². The summed E-state index contributed by atoms with van der Waals surface area (Å²) < 4.78 is 20.7. The topological polar surface area (TPSA) is 152 Å². The van der Waals surface area contributed by atoms with Crippen molar-refractivity contribution in [1.82, 2.24) is 4.90 Å². The Morgan fingerprint density at radius 1 is 0.857 bits per heavy atom. The van der Waals surface area contributed by atoms with Crippen LogP contribution in [0.3, 0.4) is 0 Å². The van der Waals surface area contributed by atoms with Crippen molar-refractivity contribution in [3.05, 3.63) is 0 Å². The fourth-order valence-electron chi connectivity index (χ4n) is 6.56. The summed E-state index contributed by atoms with van der Waals surface area (Å²) >= 11 is 0. The number of nitrogens with zero attached hydrogens (tertiary/aromatic N) is 1. The largest absolute Gasteiger partial charge is 0.460 e. The second-order valence-electron chi connectivity index (χ2n) is 12.0. The van der Waals surface area contributed by atoms with Crippen molar-refractivity contribution in [3.63, 3.8) is 0 Å². The predicted octanol–water partition coefficient (Wildman–Crippen LogP) is 2.50. The van der Waals surface area contributed by atoms with Crippen LogP contribution in [0.25, 0.3) is 0 Å². The number of ketones is 1.